The molecule has 0 saturated carbocycles. The van der Waals surface area contributed by atoms with Crippen molar-refractivity contribution in [3.05, 3.63) is 82.7 Å². The third-order valence-corrected chi connectivity index (χ3v) is 4.33. The number of rotatable bonds is 7. The van der Waals surface area contributed by atoms with E-state index in [1.54, 1.807) is 20.4 Å². The standard InChI is InChI=1S/C22H23N3O3/c1-15-13-21(28-25-15)22(27-4)20-8-6-5-7-18(20)14-23-24-16(2)17-9-11-19(26-3)12-10-17/h5-14,22H,1-4H3/b23-14+,24-16+. The number of aromatic nitrogens is 1. The van der Waals surface area contributed by atoms with E-state index in [-0.39, 0.29) is 6.10 Å². The monoisotopic (exact) mass is 377 g/mol. The van der Waals surface area contributed by atoms with E-state index in [9.17, 15) is 0 Å². The van der Waals surface area contributed by atoms with Gasteiger partial charge in [-0.2, -0.15) is 10.2 Å². The lowest BCUT2D eigenvalue weighted by Crippen LogP contribution is -2.06. The first kappa shape index (κ1) is 19.5. The molecular formula is C22H23N3O3. The Balaban J connectivity index is 1.84. The Bertz CT molecular complexity index is 975. The Kier molecular flexibility index (Phi) is 6.34. The van der Waals surface area contributed by atoms with Crippen molar-refractivity contribution < 1.29 is 14.0 Å². The van der Waals surface area contributed by atoms with Crippen molar-refractivity contribution in [3.63, 3.8) is 0 Å². The maximum atomic E-state index is 5.65. The van der Waals surface area contributed by atoms with E-state index < -0.39 is 0 Å². The zero-order valence-electron chi connectivity index (χ0n) is 16.4. The molecule has 0 aliphatic heterocycles. The van der Waals surface area contributed by atoms with Gasteiger partial charge >= 0.3 is 0 Å². The summed E-state index contributed by atoms with van der Waals surface area (Å²) in [5.74, 6) is 1.46. The summed E-state index contributed by atoms with van der Waals surface area (Å²) in [4.78, 5) is 0. The molecule has 1 aromatic heterocycles. The molecule has 1 atom stereocenters. The lowest BCUT2D eigenvalue weighted by Gasteiger charge is -2.14. The number of ether oxygens (including phenoxy) is 2. The highest BCUT2D eigenvalue weighted by atomic mass is 16.5. The van der Waals surface area contributed by atoms with Gasteiger partial charge < -0.3 is 14.0 Å². The Labute approximate surface area is 164 Å². The summed E-state index contributed by atoms with van der Waals surface area (Å²) in [7, 11) is 3.29. The predicted octanol–water partition coefficient (Wildman–Crippen LogP) is 4.57. The second kappa shape index (κ2) is 9.10. The van der Waals surface area contributed by atoms with Crippen molar-refractivity contribution in [3.8, 4) is 5.75 Å². The molecule has 1 heterocycles. The molecule has 3 aromatic rings. The van der Waals surface area contributed by atoms with Gasteiger partial charge in [-0.25, -0.2) is 0 Å². The van der Waals surface area contributed by atoms with Crippen LogP contribution in [0.25, 0.3) is 0 Å². The van der Waals surface area contributed by atoms with Crippen LogP contribution in [0.4, 0.5) is 0 Å². The molecule has 0 spiro atoms. The highest BCUT2D eigenvalue weighted by Gasteiger charge is 2.20. The van der Waals surface area contributed by atoms with Gasteiger partial charge in [0.05, 0.1) is 24.7 Å². The maximum absolute atomic E-state index is 5.65. The Morgan fingerprint density at radius 1 is 1.11 bits per heavy atom. The topological polar surface area (TPSA) is 69.2 Å². The number of aryl methyl sites for hydroxylation is 1. The first-order chi connectivity index (χ1) is 13.6. The van der Waals surface area contributed by atoms with E-state index in [4.69, 9.17) is 14.0 Å². The van der Waals surface area contributed by atoms with Crippen LogP contribution in [0.3, 0.4) is 0 Å². The van der Waals surface area contributed by atoms with Crippen molar-refractivity contribution in [1.82, 2.24) is 5.16 Å². The Morgan fingerprint density at radius 2 is 1.86 bits per heavy atom. The summed E-state index contributed by atoms with van der Waals surface area (Å²) >= 11 is 0. The Morgan fingerprint density at radius 3 is 2.50 bits per heavy atom. The van der Waals surface area contributed by atoms with Crippen LogP contribution < -0.4 is 4.74 Å². The average molecular weight is 377 g/mol. The lowest BCUT2D eigenvalue weighted by atomic mass is 10.0. The smallest absolute Gasteiger partial charge is 0.170 e. The van der Waals surface area contributed by atoms with Crippen molar-refractivity contribution in [1.29, 1.82) is 0 Å². The van der Waals surface area contributed by atoms with Crippen LogP contribution in [0.2, 0.25) is 0 Å². The van der Waals surface area contributed by atoms with E-state index in [2.05, 4.69) is 15.4 Å². The average Bonchev–Trinajstić information content (AvgIpc) is 3.15. The largest absolute Gasteiger partial charge is 0.497 e. The molecule has 6 heteroatoms. The van der Waals surface area contributed by atoms with Gasteiger partial charge in [-0.1, -0.05) is 29.4 Å². The van der Waals surface area contributed by atoms with E-state index >= 15 is 0 Å². The predicted molar refractivity (Wildman–Crippen MR) is 109 cm³/mol. The van der Waals surface area contributed by atoms with Crippen LogP contribution in [0.15, 0.2) is 69.3 Å². The molecule has 3 rings (SSSR count). The van der Waals surface area contributed by atoms with Gasteiger partial charge in [-0.3, -0.25) is 0 Å². The van der Waals surface area contributed by atoms with Gasteiger partial charge in [-0.15, -0.1) is 0 Å². The van der Waals surface area contributed by atoms with Crippen LogP contribution in [0.1, 0.15) is 41.2 Å². The zero-order valence-corrected chi connectivity index (χ0v) is 16.4. The second-order valence-corrected chi connectivity index (χ2v) is 6.27. The molecule has 0 saturated heterocycles. The molecule has 0 aliphatic carbocycles. The van der Waals surface area contributed by atoms with Crippen molar-refractivity contribution in [2.45, 2.75) is 20.0 Å². The minimum absolute atomic E-state index is 0.365. The van der Waals surface area contributed by atoms with Gasteiger partial charge in [0.1, 0.15) is 11.9 Å². The highest BCUT2D eigenvalue weighted by molar-refractivity contribution is 5.99. The summed E-state index contributed by atoms with van der Waals surface area (Å²) in [6, 6.07) is 17.4. The fraction of sp³-hybridized carbons (Fsp3) is 0.227. The van der Waals surface area contributed by atoms with Gasteiger partial charge in [-0.05, 0) is 49.2 Å². The molecule has 144 valence electrons. The Hall–Kier alpha value is -3.25. The minimum atomic E-state index is -0.365. The summed E-state index contributed by atoms with van der Waals surface area (Å²) in [6.45, 7) is 3.80. The normalized spacial score (nSPS) is 13.1. The molecule has 0 bridgehead atoms. The number of benzene rings is 2. The SMILES string of the molecule is COc1ccc(/C(C)=N/N=C/c2ccccc2C(OC)c2cc(C)no2)cc1. The molecule has 0 aliphatic rings. The summed E-state index contributed by atoms with van der Waals surface area (Å²) < 4.78 is 16.2. The molecular weight excluding hydrogens is 354 g/mol. The van der Waals surface area contributed by atoms with E-state index in [0.29, 0.717) is 5.76 Å². The van der Waals surface area contributed by atoms with E-state index in [0.717, 1.165) is 33.8 Å². The third-order valence-electron chi connectivity index (χ3n) is 4.33. The number of hydrogen-bond acceptors (Lipinski definition) is 6. The maximum Gasteiger partial charge on any atom is 0.170 e. The van der Waals surface area contributed by atoms with Crippen LogP contribution >= 0.6 is 0 Å². The summed E-state index contributed by atoms with van der Waals surface area (Å²) in [5, 5.41) is 12.5. The molecule has 28 heavy (non-hydrogen) atoms. The zero-order chi connectivity index (χ0) is 19.9. The van der Waals surface area contributed by atoms with Gasteiger partial charge in [0.2, 0.25) is 0 Å². The molecule has 6 nitrogen and oxygen atoms in total. The molecule has 0 N–H and O–H groups in total. The first-order valence-electron chi connectivity index (χ1n) is 8.89. The summed E-state index contributed by atoms with van der Waals surface area (Å²) in [6.07, 6.45) is 1.35. The van der Waals surface area contributed by atoms with E-state index in [1.807, 2.05) is 68.4 Å². The van der Waals surface area contributed by atoms with Crippen LogP contribution in [0, 0.1) is 6.92 Å². The minimum Gasteiger partial charge on any atom is -0.497 e. The molecule has 1 unspecified atom stereocenters. The fourth-order valence-corrected chi connectivity index (χ4v) is 2.84. The quantitative estimate of drug-likeness (QED) is 0.447. The summed E-state index contributed by atoms with van der Waals surface area (Å²) in [5.41, 5.74) is 4.43. The lowest BCUT2D eigenvalue weighted by molar-refractivity contribution is 0.109. The van der Waals surface area contributed by atoms with Crippen molar-refractivity contribution in [2.75, 3.05) is 14.2 Å². The van der Waals surface area contributed by atoms with Gasteiger partial charge in [0.25, 0.3) is 0 Å². The van der Waals surface area contributed by atoms with Crippen LogP contribution in [-0.4, -0.2) is 31.3 Å². The van der Waals surface area contributed by atoms with Crippen molar-refractivity contribution in [2.24, 2.45) is 10.2 Å². The number of nitrogens with zero attached hydrogens (tertiary/aromatic N) is 3. The van der Waals surface area contributed by atoms with Crippen LogP contribution in [0.5, 0.6) is 5.75 Å². The molecule has 0 radical (unpaired) electrons. The molecule has 0 fully saturated rings. The fourth-order valence-electron chi connectivity index (χ4n) is 2.84. The highest BCUT2D eigenvalue weighted by Crippen LogP contribution is 2.28. The first-order valence-corrected chi connectivity index (χ1v) is 8.89. The van der Waals surface area contributed by atoms with E-state index in [1.165, 1.54) is 0 Å². The number of methoxy groups -OCH3 is 2. The van der Waals surface area contributed by atoms with Gasteiger partial charge in [0, 0.05) is 18.7 Å². The van der Waals surface area contributed by atoms with Gasteiger partial charge in [0.15, 0.2) is 5.76 Å². The third kappa shape index (κ3) is 4.53. The second-order valence-electron chi connectivity index (χ2n) is 6.27. The molecule has 0 amide bonds. The number of hydrogen-bond donors (Lipinski definition) is 0. The molecule has 2 aromatic carbocycles. The van der Waals surface area contributed by atoms with Crippen molar-refractivity contribution >= 4 is 11.9 Å². The van der Waals surface area contributed by atoms with Crippen LogP contribution in [-0.2, 0) is 4.74 Å².